The third kappa shape index (κ3) is 4.80. The van der Waals surface area contributed by atoms with Crippen LogP contribution in [0.5, 0.6) is 5.75 Å². The predicted octanol–water partition coefficient (Wildman–Crippen LogP) is 3.82. The van der Waals surface area contributed by atoms with Gasteiger partial charge in [-0.3, -0.25) is 4.90 Å². The maximum Gasteiger partial charge on any atom is 0.134 e. The summed E-state index contributed by atoms with van der Waals surface area (Å²) in [5.74, 6) is 0.912. The molecule has 1 N–H and O–H groups in total. The van der Waals surface area contributed by atoms with Gasteiger partial charge >= 0.3 is 0 Å². The third-order valence-electron chi connectivity index (χ3n) is 4.09. The molecule has 1 aliphatic heterocycles. The van der Waals surface area contributed by atoms with Gasteiger partial charge < -0.3 is 10.1 Å². The number of halogens is 1. The molecule has 0 radical (unpaired) electrons. The monoisotopic (exact) mass is 374 g/mol. The van der Waals surface area contributed by atoms with Crippen molar-refractivity contribution in [2.45, 2.75) is 26.1 Å². The molecule has 4 heteroatoms. The number of hydrogen-bond donors (Lipinski definition) is 1. The summed E-state index contributed by atoms with van der Waals surface area (Å²) in [4.78, 5) is 2.49. The lowest BCUT2D eigenvalue weighted by atomic mass is 10.1. The largest absolute Gasteiger partial charge is 0.488 e. The molecule has 122 valence electrons. The minimum absolute atomic E-state index is 0.563. The summed E-state index contributed by atoms with van der Waals surface area (Å²) in [6.07, 6.45) is 0. The molecule has 0 aliphatic carbocycles. The molecule has 0 aromatic heterocycles. The molecule has 3 nitrogen and oxygen atoms in total. The van der Waals surface area contributed by atoms with E-state index >= 15 is 0 Å². The first kappa shape index (κ1) is 16.5. The molecule has 0 bridgehead atoms. The lowest BCUT2D eigenvalue weighted by molar-refractivity contribution is 0.199. The SMILES string of the molecule is C[C@@H]1CN(Cc2ccc(Br)c(OCc3ccccc3)c2)CCN1. The van der Waals surface area contributed by atoms with Crippen LogP contribution in [-0.2, 0) is 13.2 Å². The lowest BCUT2D eigenvalue weighted by Crippen LogP contribution is -2.48. The molecule has 0 spiro atoms. The molecule has 23 heavy (non-hydrogen) atoms. The quantitative estimate of drug-likeness (QED) is 0.860. The van der Waals surface area contributed by atoms with Crippen molar-refractivity contribution in [2.75, 3.05) is 19.6 Å². The summed E-state index contributed by atoms with van der Waals surface area (Å²) in [6, 6.07) is 17.2. The molecule has 1 fully saturated rings. The summed E-state index contributed by atoms with van der Waals surface area (Å²) in [7, 11) is 0. The summed E-state index contributed by atoms with van der Waals surface area (Å²) in [6.45, 7) is 7.06. The third-order valence-corrected chi connectivity index (χ3v) is 4.75. The Labute approximate surface area is 146 Å². The molecule has 1 saturated heterocycles. The average Bonchev–Trinajstić information content (AvgIpc) is 2.56. The molecule has 0 saturated carbocycles. The van der Waals surface area contributed by atoms with Crippen molar-refractivity contribution < 1.29 is 4.74 Å². The second-order valence-corrected chi connectivity index (χ2v) is 6.98. The normalized spacial score (nSPS) is 18.8. The predicted molar refractivity (Wildman–Crippen MR) is 97.7 cm³/mol. The van der Waals surface area contributed by atoms with E-state index in [2.05, 4.69) is 63.4 Å². The van der Waals surface area contributed by atoms with Gasteiger partial charge in [0.1, 0.15) is 12.4 Å². The van der Waals surface area contributed by atoms with E-state index < -0.39 is 0 Å². The zero-order chi connectivity index (χ0) is 16.1. The van der Waals surface area contributed by atoms with E-state index in [1.54, 1.807) is 0 Å². The number of nitrogens with one attached hydrogen (secondary N) is 1. The van der Waals surface area contributed by atoms with Gasteiger partial charge in [0.2, 0.25) is 0 Å². The molecule has 0 unspecified atom stereocenters. The van der Waals surface area contributed by atoms with Gasteiger partial charge in [-0.15, -0.1) is 0 Å². The second kappa shape index (κ2) is 7.95. The number of ether oxygens (including phenoxy) is 1. The van der Waals surface area contributed by atoms with Crippen LogP contribution in [0, 0.1) is 0 Å². The standard InChI is InChI=1S/C19H23BrN2O/c1-15-12-22(10-9-21-15)13-17-7-8-18(20)19(11-17)23-14-16-5-3-2-4-6-16/h2-8,11,15,21H,9-10,12-14H2,1H3/t15-/m1/s1. The zero-order valence-corrected chi connectivity index (χ0v) is 15.1. The average molecular weight is 375 g/mol. The first-order valence-corrected chi connectivity index (χ1v) is 8.91. The molecule has 1 heterocycles. The molecule has 1 aliphatic rings. The summed E-state index contributed by atoms with van der Waals surface area (Å²) >= 11 is 3.59. The van der Waals surface area contributed by atoms with Crippen molar-refractivity contribution in [1.29, 1.82) is 0 Å². The van der Waals surface area contributed by atoms with E-state index in [1.807, 2.05) is 18.2 Å². The van der Waals surface area contributed by atoms with Gasteiger partial charge in [-0.2, -0.15) is 0 Å². The van der Waals surface area contributed by atoms with Crippen LogP contribution in [0.25, 0.3) is 0 Å². The van der Waals surface area contributed by atoms with E-state index in [9.17, 15) is 0 Å². The topological polar surface area (TPSA) is 24.5 Å². The van der Waals surface area contributed by atoms with Gasteiger partial charge in [0.15, 0.2) is 0 Å². The van der Waals surface area contributed by atoms with Crippen molar-refractivity contribution in [1.82, 2.24) is 10.2 Å². The van der Waals surface area contributed by atoms with Crippen LogP contribution in [0.1, 0.15) is 18.1 Å². The van der Waals surface area contributed by atoms with Crippen molar-refractivity contribution in [3.05, 3.63) is 64.1 Å². The Morgan fingerprint density at radius 2 is 2.00 bits per heavy atom. The van der Waals surface area contributed by atoms with Crippen LogP contribution in [0.2, 0.25) is 0 Å². The maximum absolute atomic E-state index is 6.00. The van der Waals surface area contributed by atoms with Crippen molar-refractivity contribution in [3.8, 4) is 5.75 Å². The van der Waals surface area contributed by atoms with Crippen LogP contribution in [0.15, 0.2) is 53.0 Å². The van der Waals surface area contributed by atoms with E-state index in [1.165, 1.54) is 11.1 Å². The van der Waals surface area contributed by atoms with Crippen LogP contribution in [-0.4, -0.2) is 30.6 Å². The Bertz CT molecular complexity index is 633. The van der Waals surface area contributed by atoms with E-state index in [-0.39, 0.29) is 0 Å². The first-order chi connectivity index (χ1) is 11.2. The summed E-state index contributed by atoms with van der Waals surface area (Å²) in [5.41, 5.74) is 2.48. The van der Waals surface area contributed by atoms with E-state index in [4.69, 9.17) is 4.74 Å². The molecule has 3 rings (SSSR count). The molecular weight excluding hydrogens is 352 g/mol. The van der Waals surface area contributed by atoms with E-state index in [0.717, 1.165) is 36.4 Å². The fourth-order valence-corrected chi connectivity index (χ4v) is 3.27. The lowest BCUT2D eigenvalue weighted by Gasteiger charge is -2.31. The number of hydrogen-bond acceptors (Lipinski definition) is 3. The van der Waals surface area contributed by atoms with Gasteiger partial charge in [-0.05, 0) is 46.1 Å². The highest BCUT2D eigenvalue weighted by molar-refractivity contribution is 9.10. The molecule has 2 aromatic rings. The first-order valence-electron chi connectivity index (χ1n) is 8.11. The fourth-order valence-electron chi connectivity index (χ4n) is 2.91. The van der Waals surface area contributed by atoms with Gasteiger partial charge in [0, 0.05) is 32.2 Å². The number of rotatable bonds is 5. The summed E-state index contributed by atoms with van der Waals surface area (Å²) < 4.78 is 7.00. The summed E-state index contributed by atoms with van der Waals surface area (Å²) in [5, 5.41) is 3.48. The van der Waals surface area contributed by atoms with Crippen molar-refractivity contribution in [3.63, 3.8) is 0 Å². The molecule has 0 amide bonds. The Balaban J connectivity index is 1.64. The van der Waals surface area contributed by atoms with Gasteiger partial charge in [-0.1, -0.05) is 36.4 Å². The minimum atomic E-state index is 0.563. The van der Waals surface area contributed by atoms with Crippen molar-refractivity contribution >= 4 is 15.9 Å². The Kier molecular flexibility index (Phi) is 5.70. The Hall–Kier alpha value is -1.36. The van der Waals surface area contributed by atoms with Gasteiger partial charge in [0.25, 0.3) is 0 Å². The molecule has 1 atom stereocenters. The molecule has 2 aromatic carbocycles. The number of benzene rings is 2. The Morgan fingerprint density at radius 1 is 1.17 bits per heavy atom. The number of nitrogens with zero attached hydrogens (tertiary/aromatic N) is 1. The highest BCUT2D eigenvalue weighted by atomic mass is 79.9. The Morgan fingerprint density at radius 3 is 2.78 bits per heavy atom. The maximum atomic E-state index is 6.00. The highest BCUT2D eigenvalue weighted by Crippen LogP contribution is 2.27. The minimum Gasteiger partial charge on any atom is -0.488 e. The van der Waals surface area contributed by atoms with Crippen LogP contribution >= 0.6 is 15.9 Å². The van der Waals surface area contributed by atoms with Crippen molar-refractivity contribution in [2.24, 2.45) is 0 Å². The highest BCUT2D eigenvalue weighted by Gasteiger charge is 2.16. The van der Waals surface area contributed by atoms with Gasteiger partial charge in [-0.25, -0.2) is 0 Å². The molecular formula is C19H23BrN2O. The van der Waals surface area contributed by atoms with Crippen LogP contribution in [0.4, 0.5) is 0 Å². The smallest absolute Gasteiger partial charge is 0.134 e. The number of piperazine rings is 1. The van der Waals surface area contributed by atoms with Gasteiger partial charge in [0.05, 0.1) is 4.47 Å². The van der Waals surface area contributed by atoms with Crippen LogP contribution < -0.4 is 10.1 Å². The van der Waals surface area contributed by atoms with E-state index in [0.29, 0.717) is 12.6 Å². The van der Waals surface area contributed by atoms with Crippen LogP contribution in [0.3, 0.4) is 0 Å². The fraction of sp³-hybridized carbons (Fsp3) is 0.368. The zero-order valence-electron chi connectivity index (χ0n) is 13.5. The second-order valence-electron chi connectivity index (χ2n) is 6.13.